The summed E-state index contributed by atoms with van der Waals surface area (Å²) >= 11 is 3.15. The molecule has 0 saturated carbocycles. The first kappa shape index (κ1) is 19.1. The van der Waals surface area contributed by atoms with Crippen molar-refractivity contribution in [3.8, 4) is 16.3 Å². The number of benzene rings is 1. The van der Waals surface area contributed by atoms with E-state index in [4.69, 9.17) is 0 Å². The van der Waals surface area contributed by atoms with Crippen LogP contribution in [0.5, 0.6) is 5.75 Å². The van der Waals surface area contributed by atoms with Gasteiger partial charge in [-0.1, -0.05) is 6.07 Å². The van der Waals surface area contributed by atoms with E-state index in [0.717, 1.165) is 16.3 Å². The number of amides is 2. The second-order valence-corrected chi connectivity index (χ2v) is 7.48. The van der Waals surface area contributed by atoms with Crippen molar-refractivity contribution in [1.29, 1.82) is 0 Å². The number of carbonyl (C=O) groups excluding carboxylic acids is 2. The highest BCUT2D eigenvalue weighted by Crippen LogP contribution is 2.25. The first-order valence-electron chi connectivity index (χ1n) is 8.43. The lowest BCUT2D eigenvalue weighted by Gasteiger charge is -2.07. The Balaban J connectivity index is 1.34. The summed E-state index contributed by atoms with van der Waals surface area (Å²) in [7, 11) is 0. The Kier molecular flexibility index (Phi) is 6.56. The van der Waals surface area contributed by atoms with Crippen molar-refractivity contribution in [3.63, 3.8) is 0 Å². The average molecular weight is 402 g/mol. The molecule has 140 valence electrons. The van der Waals surface area contributed by atoms with Crippen LogP contribution in [0, 0.1) is 0 Å². The van der Waals surface area contributed by atoms with Crippen LogP contribution in [-0.2, 0) is 11.2 Å². The molecule has 0 unspecified atom stereocenters. The number of phenolic OH excluding ortho intramolecular Hbond substituents is 1. The number of thiophene rings is 1. The second-order valence-electron chi connectivity index (χ2n) is 5.84. The average Bonchev–Trinajstić information content (AvgIpc) is 3.32. The number of carbonyl (C=O) groups is 2. The molecule has 3 rings (SSSR count). The Morgan fingerprint density at radius 1 is 1.11 bits per heavy atom. The molecule has 0 radical (unpaired) electrons. The summed E-state index contributed by atoms with van der Waals surface area (Å²) in [6.07, 6.45) is 0.865. The van der Waals surface area contributed by atoms with Crippen LogP contribution in [0.1, 0.15) is 22.5 Å². The normalized spacial score (nSPS) is 10.5. The number of rotatable bonds is 8. The van der Waals surface area contributed by atoms with Crippen molar-refractivity contribution in [2.45, 2.75) is 12.8 Å². The third kappa shape index (κ3) is 5.63. The van der Waals surface area contributed by atoms with Gasteiger partial charge in [0.25, 0.3) is 5.91 Å². The minimum absolute atomic E-state index is 0.0547. The molecule has 27 heavy (non-hydrogen) atoms. The molecule has 0 saturated heterocycles. The third-order valence-corrected chi connectivity index (χ3v) is 5.35. The molecule has 6 nitrogen and oxygen atoms in total. The molecule has 2 aromatic heterocycles. The number of thiazole rings is 1. The molecular weight excluding hydrogens is 382 g/mol. The van der Waals surface area contributed by atoms with Gasteiger partial charge in [0.15, 0.2) is 0 Å². The fourth-order valence-corrected chi connectivity index (χ4v) is 3.93. The SMILES string of the molecule is O=C(Cc1csc(-c2ccsc2)n1)NCCCNC(=O)c1cccc(O)c1. The molecule has 8 heteroatoms. The van der Waals surface area contributed by atoms with Crippen molar-refractivity contribution in [2.24, 2.45) is 0 Å². The highest BCUT2D eigenvalue weighted by Gasteiger charge is 2.09. The van der Waals surface area contributed by atoms with Crippen LogP contribution in [0.2, 0.25) is 0 Å². The molecule has 0 aliphatic carbocycles. The topological polar surface area (TPSA) is 91.3 Å². The molecule has 0 aliphatic rings. The summed E-state index contributed by atoms with van der Waals surface area (Å²) in [5.41, 5.74) is 2.25. The lowest BCUT2D eigenvalue weighted by Crippen LogP contribution is -2.30. The molecule has 0 aliphatic heterocycles. The van der Waals surface area contributed by atoms with Gasteiger partial charge in [-0.15, -0.1) is 11.3 Å². The van der Waals surface area contributed by atoms with Gasteiger partial charge < -0.3 is 15.7 Å². The van der Waals surface area contributed by atoms with E-state index >= 15 is 0 Å². The van der Waals surface area contributed by atoms with Gasteiger partial charge in [-0.3, -0.25) is 9.59 Å². The van der Waals surface area contributed by atoms with Crippen LogP contribution in [0.4, 0.5) is 0 Å². The molecule has 1 aromatic carbocycles. The van der Waals surface area contributed by atoms with Gasteiger partial charge in [0.2, 0.25) is 5.91 Å². The van der Waals surface area contributed by atoms with E-state index in [1.807, 2.05) is 22.2 Å². The van der Waals surface area contributed by atoms with Crippen molar-refractivity contribution >= 4 is 34.5 Å². The van der Waals surface area contributed by atoms with E-state index in [1.54, 1.807) is 23.5 Å². The standard InChI is InChI=1S/C19H19N3O3S2/c23-16-4-1-3-13(9-16)18(25)21-7-2-6-20-17(24)10-15-12-27-19(22-15)14-5-8-26-11-14/h1,3-5,8-9,11-12,23H,2,6-7,10H2,(H,20,24)(H,21,25). The first-order chi connectivity index (χ1) is 13.1. The van der Waals surface area contributed by atoms with Gasteiger partial charge in [0, 0.05) is 35.0 Å². The number of aromatic nitrogens is 1. The molecule has 3 N–H and O–H groups in total. The van der Waals surface area contributed by atoms with Crippen molar-refractivity contribution in [2.75, 3.05) is 13.1 Å². The maximum atomic E-state index is 12.0. The Bertz CT molecular complexity index is 907. The van der Waals surface area contributed by atoms with Crippen molar-refractivity contribution in [1.82, 2.24) is 15.6 Å². The molecule has 2 heterocycles. The lowest BCUT2D eigenvalue weighted by molar-refractivity contribution is -0.120. The van der Waals surface area contributed by atoms with Gasteiger partial charge in [-0.05, 0) is 36.1 Å². The minimum atomic E-state index is -0.249. The Morgan fingerprint density at radius 2 is 1.96 bits per heavy atom. The fraction of sp³-hybridized carbons (Fsp3) is 0.211. The lowest BCUT2D eigenvalue weighted by atomic mass is 10.2. The predicted molar refractivity (Wildman–Crippen MR) is 107 cm³/mol. The largest absolute Gasteiger partial charge is 0.508 e. The fourth-order valence-electron chi connectivity index (χ4n) is 2.40. The number of hydrogen-bond acceptors (Lipinski definition) is 6. The molecule has 3 aromatic rings. The molecule has 0 bridgehead atoms. The summed E-state index contributed by atoms with van der Waals surface area (Å²) in [6, 6.07) is 8.19. The quantitative estimate of drug-likeness (QED) is 0.506. The zero-order valence-corrected chi connectivity index (χ0v) is 16.1. The highest BCUT2D eigenvalue weighted by atomic mass is 32.1. The van der Waals surface area contributed by atoms with E-state index in [0.29, 0.717) is 25.1 Å². The van der Waals surface area contributed by atoms with Crippen LogP contribution < -0.4 is 10.6 Å². The zero-order valence-electron chi connectivity index (χ0n) is 14.5. The summed E-state index contributed by atoms with van der Waals surface area (Å²) < 4.78 is 0. The van der Waals surface area contributed by atoms with Crippen molar-refractivity contribution < 1.29 is 14.7 Å². The van der Waals surface area contributed by atoms with E-state index in [2.05, 4.69) is 15.6 Å². The van der Waals surface area contributed by atoms with Gasteiger partial charge in [0.05, 0.1) is 12.1 Å². The second kappa shape index (κ2) is 9.29. The Hall–Kier alpha value is -2.71. The molecule has 0 fully saturated rings. The van der Waals surface area contributed by atoms with Gasteiger partial charge in [0.1, 0.15) is 10.8 Å². The summed E-state index contributed by atoms with van der Waals surface area (Å²) in [5.74, 6) is -0.281. The summed E-state index contributed by atoms with van der Waals surface area (Å²) in [5, 5.41) is 21.8. The van der Waals surface area contributed by atoms with Crippen molar-refractivity contribution in [3.05, 3.63) is 57.7 Å². The van der Waals surface area contributed by atoms with Gasteiger partial charge in [-0.25, -0.2) is 4.98 Å². The summed E-state index contributed by atoms with van der Waals surface area (Å²) in [6.45, 7) is 0.911. The molecule has 0 atom stereocenters. The minimum Gasteiger partial charge on any atom is -0.508 e. The Labute approximate surface area is 164 Å². The maximum Gasteiger partial charge on any atom is 0.251 e. The molecule has 2 amide bonds. The molecule has 0 spiro atoms. The zero-order chi connectivity index (χ0) is 19.1. The van der Waals surface area contributed by atoms with E-state index in [-0.39, 0.29) is 24.0 Å². The van der Waals surface area contributed by atoms with E-state index < -0.39 is 0 Å². The third-order valence-electron chi connectivity index (χ3n) is 3.73. The Morgan fingerprint density at radius 3 is 2.74 bits per heavy atom. The van der Waals surface area contributed by atoms with Crippen LogP contribution in [0.15, 0.2) is 46.5 Å². The van der Waals surface area contributed by atoms with E-state index in [1.165, 1.54) is 23.5 Å². The number of nitrogens with one attached hydrogen (secondary N) is 2. The molecular formula is C19H19N3O3S2. The van der Waals surface area contributed by atoms with Gasteiger partial charge in [-0.2, -0.15) is 11.3 Å². The van der Waals surface area contributed by atoms with E-state index in [9.17, 15) is 14.7 Å². The van der Waals surface area contributed by atoms with Gasteiger partial charge >= 0.3 is 0 Å². The monoisotopic (exact) mass is 401 g/mol. The van der Waals surface area contributed by atoms with Crippen LogP contribution >= 0.6 is 22.7 Å². The van der Waals surface area contributed by atoms with Crippen LogP contribution in [-0.4, -0.2) is 35.0 Å². The summed E-state index contributed by atoms with van der Waals surface area (Å²) in [4.78, 5) is 28.4. The maximum absolute atomic E-state index is 12.0. The number of hydrogen-bond donors (Lipinski definition) is 3. The number of phenols is 1. The highest BCUT2D eigenvalue weighted by molar-refractivity contribution is 7.14. The predicted octanol–water partition coefficient (Wildman–Crippen LogP) is 3.06. The van der Waals surface area contributed by atoms with Crippen LogP contribution in [0.25, 0.3) is 10.6 Å². The van der Waals surface area contributed by atoms with Crippen LogP contribution in [0.3, 0.4) is 0 Å². The number of nitrogens with zero attached hydrogens (tertiary/aromatic N) is 1. The number of aromatic hydroxyl groups is 1. The smallest absolute Gasteiger partial charge is 0.251 e. The first-order valence-corrected chi connectivity index (χ1v) is 10.2.